The van der Waals surface area contributed by atoms with E-state index in [2.05, 4.69) is 32.0 Å². The zero-order chi connectivity index (χ0) is 20.2. The smallest absolute Gasteiger partial charge is 0.227 e. The molecule has 3 heterocycles. The molecule has 0 amide bonds. The molecule has 29 heavy (non-hydrogen) atoms. The van der Waals surface area contributed by atoms with Gasteiger partial charge in [0.2, 0.25) is 5.95 Å². The van der Waals surface area contributed by atoms with Crippen molar-refractivity contribution in [2.24, 2.45) is 0 Å². The molecule has 0 spiro atoms. The highest BCUT2D eigenvalue weighted by Crippen LogP contribution is 2.37. The lowest BCUT2D eigenvalue weighted by atomic mass is 10.00. The molecule has 0 saturated heterocycles. The summed E-state index contributed by atoms with van der Waals surface area (Å²) in [7, 11) is 1.95. The fourth-order valence-electron chi connectivity index (χ4n) is 3.33. The molecule has 6 nitrogen and oxygen atoms in total. The van der Waals surface area contributed by atoms with Gasteiger partial charge in [-0.05, 0) is 56.3 Å². The fraction of sp³-hybridized carbons (Fsp3) is 0.238. The van der Waals surface area contributed by atoms with E-state index in [-0.39, 0.29) is 0 Å². The molecule has 0 bridgehead atoms. The van der Waals surface area contributed by atoms with E-state index in [4.69, 9.17) is 28.8 Å². The molecule has 0 unspecified atom stereocenters. The number of aryl methyl sites for hydroxylation is 1. The first-order valence-electron chi connectivity index (χ1n) is 9.44. The Morgan fingerprint density at radius 3 is 2.97 bits per heavy atom. The summed E-state index contributed by atoms with van der Waals surface area (Å²) < 4.78 is 0. The topological polar surface area (TPSA) is 74.8 Å². The van der Waals surface area contributed by atoms with E-state index in [1.54, 1.807) is 12.4 Å². The number of hydrogen-bond acceptors (Lipinski definition) is 6. The summed E-state index contributed by atoms with van der Waals surface area (Å²) in [5, 5.41) is 10.4. The molecule has 148 valence electrons. The summed E-state index contributed by atoms with van der Waals surface area (Å²) in [6, 6.07) is 7.85. The number of pyridine rings is 1. The first-order chi connectivity index (χ1) is 14.1. The van der Waals surface area contributed by atoms with E-state index in [9.17, 15) is 0 Å². The SMILES string of the molecule is CNCCCc1cc2c(cc1Cl)NC(=S)Cc1cnc(Nc3cccnc3)nc1-2. The highest BCUT2D eigenvalue weighted by atomic mass is 35.5. The van der Waals surface area contributed by atoms with Crippen molar-refractivity contribution in [3.8, 4) is 11.3 Å². The average Bonchev–Trinajstić information content (AvgIpc) is 2.84. The third-order valence-corrected chi connectivity index (χ3v) is 5.32. The quantitative estimate of drug-likeness (QED) is 0.400. The van der Waals surface area contributed by atoms with Crippen LogP contribution in [0, 0.1) is 0 Å². The third kappa shape index (κ3) is 4.53. The number of benzene rings is 1. The number of nitrogens with one attached hydrogen (secondary N) is 3. The van der Waals surface area contributed by atoms with Crippen molar-refractivity contribution in [1.82, 2.24) is 20.3 Å². The standard InChI is InChI=1S/C21H21ClN6S/c1-23-6-2-4-13-8-16-18(10-17(13)22)27-19(29)9-14-11-25-21(28-20(14)16)26-15-5-3-7-24-12-15/h3,5,7-8,10-12,23H,2,4,6,9H2,1H3,(H,27,29)(H,25,26,28). The second-order valence-corrected chi connectivity index (χ2v) is 7.76. The zero-order valence-electron chi connectivity index (χ0n) is 16.0. The van der Waals surface area contributed by atoms with Crippen molar-refractivity contribution in [1.29, 1.82) is 0 Å². The first-order valence-corrected chi connectivity index (χ1v) is 10.2. The van der Waals surface area contributed by atoms with Crippen molar-refractivity contribution in [3.63, 3.8) is 0 Å². The summed E-state index contributed by atoms with van der Waals surface area (Å²) in [5.74, 6) is 0.516. The predicted molar refractivity (Wildman–Crippen MR) is 122 cm³/mol. The monoisotopic (exact) mass is 424 g/mol. The largest absolute Gasteiger partial charge is 0.349 e. The van der Waals surface area contributed by atoms with E-state index in [0.29, 0.717) is 12.4 Å². The van der Waals surface area contributed by atoms with Crippen molar-refractivity contribution in [3.05, 3.63) is 59.0 Å². The van der Waals surface area contributed by atoms with Crippen LogP contribution in [0.25, 0.3) is 11.3 Å². The highest BCUT2D eigenvalue weighted by Gasteiger charge is 2.21. The van der Waals surface area contributed by atoms with Crippen molar-refractivity contribution >= 4 is 46.1 Å². The molecule has 3 aromatic rings. The maximum Gasteiger partial charge on any atom is 0.227 e. The molecule has 0 radical (unpaired) electrons. The van der Waals surface area contributed by atoms with Crippen LogP contribution in [0.3, 0.4) is 0 Å². The molecule has 4 rings (SSSR count). The van der Waals surface area contributed by atoms with Gasteiger partial charge in [-0.15, -0.1) is 0 Å². The number of aromatic nitrogens is 3. The molecular formula is C21H21ClN6S. The van der Waals surface area contributed by atoms with Gasteiger partial charge >= 0.3 is 0 Å². The van der Waals surface area contributed by atoms with Gasteiger partial charge in [0.15, 0.2) is 0 Å². The Hall–Kier alpha value is -2.61. The van der Waals surface area contributed by atoms with E-state index in [1.807, 2.05) is 31.4 Å². The van der Waals surface area contributed by atoms with Crippen LogP contribution in [0.5, 0.6) is 0 Å². The Kier molecular flexibility index (Phi) is 5.99. The fourth-order valence-corrected chi connectivity index (χ4v) is 3.85. The predicted octanol–water partition coefficient (Wildman–Crippen LogP) is 4.38. The Morgan fingerprint density at radius 2 is 2.17 bits per heavy atom. The number of fused-ring (bicyclic) bond motifs is 3. The number of halogens is 1. The molecule has 0 fully saturated rings. The van der Waals surface area contributed by atoms with E-state index in [1.165, 1.54) is 0 Å². The molecule has 3 N–H and O–H groups in total. The third-order valence-electron chi connectivity index (χ3n) is 4.72. The summed E-state index contributed by atoms with van der Waals surface area (Å²) in [6.45, 7) is 0.938. The van der Waals surface area contributed by atoms with E-state index < -0.39 is 0 Å². The number of nitrogens with zero attached hydrogens (tertiary/aromatic N) is 3. The normalized spacial score (nSPS) is 12.6. The molecule has 8 heteroatoms. The van der Waals surface area contributed by atoms with Gasteiger partial charge < -0.3 is 16.0 Å². The van der Waals surface area contributed by atoms with Crippen LogP contribution in [0.1, 0.15) is 17.5 Å². The maximum atomic E-state index is 6.55. The van der Waals surface area contributed by atoms with Crippen LogP contribution >= 0.6 is 23.8 Å². The van der Waals surface area contributed by atoms with Gasteiger partial charge in [-0.2, -0.15) is 0 Å². The lowest BCUT2D eigenvalue weighted by molar-refractivity contribution is 0.725. The van der Waals surface area contributed by atoms with Crippen LogP contribution in [-0.2, 0) is 12.8 Å². The summed E-state index contributed by atoms with van der Waals surface area (Å²) in [6.07, 6.45) is 7.77. The van der Waals surface area contributed by atoms with Crippen LogP contribution < -0.4 is 16.0 Å². The lowest BCUT2D eigenvalue weighted by Gasteiger charge is -2.14. The van der Waals surface area contributed by atoms with E-state index >= 15 is 0 Å². The highest BCUT2D eigenvalue weighted by molar-refractivity contribution is 7.80. The molecular weight excluding hydrogens is 404 g/mol. The molecule has 0 aliphatic carbocycles. The number of hydrogen-bond donors (Lipinski definition) is 3. The molecule has 0 atom stereocenters. The van der Waals surface area contributed by atoms with Gasteiger partial charge in [0, 0.05) is 40.7 Å². The Labute approximate surface area is 180 Å². The van der Waals surface area contributed by atoms with Crippen molar-refractivity contribution in [2.75, 3.05) is 24.2 Å². The lowest BCUT2D eigenvalue weighted by Crippen LogP contribution is -2.10. The summed E-state index contributed by atoms with van der Waals surface area (Å²) in [4.78, 5) is 14.1. The first kappa shape index (κ1) is 19.7. The zero-order valence-corrected chi connectivity index (χ0v) is 17.6. The Bertz CT molecular complexity index is 1040. The minimum absolute atomic E-state index is 0.516. The van der Waals surface area contributed by atoms with Crippen LogP contribution in [0.4, 0.5) is 17.3 Å². The van der Waals surface area contributed by atoms with Crippen molar-refractivity contribution < 1.29 is 0 Å². The second kappa shape index (κ2) is 8.82. The van der Waals surface area contributed by atoms with Gasteiger partial charge in [0.05, 0.1) is 22.6 Å². The molecule has 1 aliphatic heterocycles. The van der Waals surface area contributed by atoms with Crippen LogP contribution in [0.2, 0.25) is 5.02 Å². The minimum atomic E-state index is 0.516. The Balaban J connectivity index is 1.75. The summed E-state index contributed by atoms with van der Waals surface area (Å²) in [5.41, 5.74) is 5.64. The molecule has 1 aliphatic rings. The van der Waals surface area contributed by atoms with Gasteiger partial charge in [0.1, 0.15) is 0 Å². The van der Waals surface area contributed by atoms with E-state index in [0.717, 1.165) is 63.2 Å². The number of anilines is 3. The minimum Gasteiger partial charge on any atom is -0.349 e. The van der Waals surface area contributed by atoms with Gasteiger partial charge in [-0.3, -0.25) is 4.98 Å². The number of thiocarbonyl (C=S) groups is 1. The molecule has 0 saturated carbocycles. The van der Waals surface area contributed by atoms with Gasteiger partial charge in [0.25, 0.3) is 0 Å². The Morgan fingerprint density at radius 1 is 1.28 bits per heavy atom. The van der Waals surface area contributed by atoms with Gasteiger partial charge in [-0.1, -0.05) is 23.8 Å². The van der Waals surface area contributed by atoms with Gasteiger partial charge in [-0.25, -0.2) is 9.97 Å². The maximum absolute atomic E-state index is 6.55. The van der Waals surface area contributed by atoms with Crippen LogP contribution in [-0.4, -0.2) is 33.5 Å². The second-order valence-electron chi connectivity index (χ2n) is 6.86. The number of rotatable bonds is 6. The average molecular weight is 425 g/mol. The molecule has 2 aromatic heterocycles. The van der Waals surface area contributed by atoms with Crippen LogP contribution in [0.15, 0.2) is 42.9 Å². The summed E-state index contributed by atoms with van der Waals surface area (Å²) >= 11 is 12.1. The molecule has 1 aromatic carbocycles. The van der Waals surface area contributed by atoms with Crippen molar-refractivity contribution in [2.45, 2.75) is 19.3 Å².